The Hall–Kier alpha value is -3.79. The van der Waals surface area contributed by atoms with Crippen molar-refractivity contribution in [1.82, 2.24) is 10.2 Å². The molecule has 1 atom stereocenters. The molecule has 1 fully saturated rings. The second-order valence-electron chi connectivity index (χ2n) is 8.03. The van der Waals surface area contributed by atoms with E-state index in [1.807, 2.05) is 19.1 Å². The summed E-state index contributed by atoms with van der Waals surface area (Å²) in [5.41, 5.74) is 2.52. The van der Waals surface area contributed by atoms with Gasteiger partial charge in [0.1, 0.15) is 6.04 Å². The quantitative estimate of drug-likeness (QED) is 0.406. The number of aryl methyl sites for hydroxylation is 1. The maximum Gasteiger partial charge on any atom is 0.338 e. The SMILES string of the molecule is CCOC(=O)c1ccc(NC(=O)CC2C(=O)N(c3ccc(C)cc3)C(=S)N2CCNC(C)=O)cc1. The smallest absolute Gasteiger partial charge is 0.338 e. The van der Waals surface area contributed by atoms with Crippen molar-refractivity contribution in [3.63, 3.8) is 0 Å². The molecule has 3 amide bonds. The van der Waals surface area contributed by atoms with Crippen LogP contribution in [0.1, 0.15) is 36.2 Å². The van der Waals surface area contributed by atoms with E-state index < -0.39 is 12.0 Å². The zero-order valence-corrected chi connectivity index (χ0v) is 20.7. The number of benzene rings is 2. The molecule has 1 saturated heterocycles. The summed E-state index contributed by atoms with van der Waals surface area (Å²) < 4.78 is 4.96. The van der Waals surface area contributed by atoms with Crippen molar-refractivity contribution in [2.24, 2.45) is 0 Å². The Morgan fingerprint density at radius 3 is 2.31 bits per heavy atom. The lowest BCUT2D eigenvalue weighted by Gasteiger charge is -2.24. The van der Waals surface area contributed by atoms with Gasteiger partial charge in [-0.05, 0) is 62.5 Å². The lowest BCUT2D eigenvalue weighted by atomic mass is 10.1. The second kappa shape index (κ2) is 11.6. The van der Waals surface area contributed by atoms with E-state index >= 15 is 0 Å². The third-order valence-corrected chi connectivity index (χ3v) is 5.81. The van der Waals surface area contributed by atoms with E-state index in [0.717, 1.165) is 5.56 Å². The van der Waals surface area contributed by atoms with Gasteiger partial charge in [-0.25, -0.2) is 4.79 Å². The summed E-state index contributed by atoms with van der Waals surface area (Å²) in [4.78, 5) is 52.4. The van der Waals surface area contributed by atoms with Crippen molar-refractivity contribution in [3.8, 4) is 0 Å². The molecule has 0 radical (unpaired) electrons. The lowest BCUT2D eigenvalue weighted by molar-refractivity contribution is -0.124. The molecule has 2 aromatic carbocycles. The van der Waals surface area contributed by atoms with Crippen LogP contribution in [0.25, 0.3) is 0 Å². The van der Waals surface area contributed by atoms with Gasteiger partial charge < -0.3 is 20.3 Å². The highest BCUT2D eigenvalue weighted by Gasteiger charge is 2.43. The molecule has 10 heteroatoms. The van der Waals surface area contributed by atoms with E-state index in [9.17, 15) is 19.2 Å². The molecule has 1 heterocycles. The maximum atomic E-state index is 13.4. The molecule has 2 N–H and O–H groups in total. The molecule has 0 aromatic heterocycles. The Bertz CT molecular complexity index is 1120. The maximum absolute atomic E-state index is 13.4. The molecule has 0 saturated carbocycles. The molecule has 3 rings (SSSR count). The predicted octanol–water partition coefficient (Wildman–Crippen LogP) is 2.64. The third-order valence-electron chi connectivity index (χ3n) is 5.40. The van der Waals surface area contributed by atoms with Crippen LogP contribution in [0.15, 0.2) is 48.5 Å². The van der Waals surface area contributed by atoms with Crippen LogP contribution in [-0.4, -0.2) is 59.4 Å². The van der Waals surface area contributed by atoms with Crippen molar-refractivity contribution < 1.29 is 23.9 Å². The van der Waals surface area contributed by atoms with Crippen LogP contribution in [0.4, 0.5) is 11.4 Å². The monoisotopic (exact) mass is 496 g/mol. The Morgan fingerprint density at radius 1 is 1.06 bits per heavy atom. The molecule has 0 bridgehead atoms. The molecule has 0 aliphatic carbocycles. The molecule has 184 valence electrons. The van der Waals surface area contributed by atoms with Gasteiger partial charge in [0.25, 0.3) is 5.91 Å². The van der Waals surface area contributed by atoms with Crippen LogP contribution in [-0.2, 0) is 19.1 Å². The van der Waals surface area contributed by atoms with Crippen molar-refractivity contribution >= 4 is 52.4 Å². The molecule has 1 unspecified atom stereocenters. The van der Waals surface area contributed by atoms with E-state index in [1.165, 1.54) is 11.8 Å². The number of rotatable bonds is 9. The lowest BCUT2D eigenvalue weighted by Crippen LogP contribution is -2.42. The summed E-state index contributed by atoms with van der Waals surface area (Å²) in [7, 11) is 0. The fourth-order valence-electron chi connectivity index (χ4n) is 3.66. The van der Waals surface area contributed by atoms with E-state index in [2.05, 4.69) is 10.6 Å². The van der Waals surface area contributed by atoms with Gasteiger partial charge in [-0.2, -0.15) is 0 Å². The topological polar surface area (TPSA) is 108 Å². The third kappa shape index (κ3) is 6.42. The highest BCUT2D eigenvalue weighted by molar-refractivity contribution is 7.80. The predicted molar refractivity (Wildman–Crippen MR) is 136 cm³/mol. The van der Waals surface area contributed by atoms with Gasteiger partial charge >= 0.3 is 5.97 Å². The minimum atomic E-state index is -0.823. The Kier molecular flexibility index (Phi) is 8.53. The van der Waals surface area contributed by atoms with Crippen molar-refractivity contribution in [3.05, 3.63) is 59.7 Å². The van der Waals surface area contributed by atoms with Crippen molar-refractivity contribution in [2.75, 3.05) is 29.9 Å². The number of carbonyl (C=O) groups excluding carboxylic acids is 4. The molecular formula is C25H28N4O5S. The Labute approximate surface area is 209 Å². The molecule has 9 nitrogen and oxygen atoms in total. The number of hydrogen-bond donors (Lipinski definition) is 2. The molecular weight excluding hydrogens is 468 g/mol. The van der Waals surface area contributed by atoms with Crippen LogP contribution in [0.3, 0.4) is 0 Å². The van der Waals surface area contributed by atoms with Gasteiger partial charge in [-0.3, -0.25) is 19.3 Å². The fourth-order valence-corrected chi connectivity index (χ4v) is 4.08. The second-order valence-corrected chi connectivity index (χ2v) is 8.40. The summed E-state index contributed by atoms with van der Waals surface area (Å²) in [5, 5.41) is 5.73. The largest absolute Gasteiger partial charge is 0.462 e. The summed E-state index contributed by atoms with van der Waals surface area (Å²) in [5.74, 6) is -1.33. The number of carbonyl (C=O) groups is 4. The van der Waals surface area contributed by atoms with Gasteiger partial charge in [0.15, 0.2) is 5.11 Å². The number of esters is 1. The first kappa shape index (κ1) is 25.8. The molecule has 1 aliphatic heterocycles. The zero-order chi connectivity index (χ0) is 25.5. The number of ether oxygens (including phenoxy) is 1. The number of hydrogen-bond acceptors (Lipinski definition) is 6. The van der Waals surface area contributed by atoms with Gasteiger partial charge in [-0.1, -0.05) is 17.7 Å². The first-order valence-corrected chi connectivity index (χ1v) is 11.6. The van der Waals surface area contributed by atoms with Crippen LogP contribution >= 0.6 is 12.2 Å². The highest BCUT2D eigenvalue weighted by atomic mass is 32.1. The van der Waals surface area contributed by atoms with E-state index in [1.54, 1.807) is 48.2 Å². The van der Waals surface area contributed by atoms with Crippen molar-refractivity contribution in [1.29, 1.82) is 0 Å². The highest BCUT2D eigenvalue weighted by Crippen LogP contribution is 2.27. The summed E-state index contributed by atoms with van der Waals surface area (Å²) in [6, 6.07) is 12.9. The van der Waals surface area contributed by atoms with Gasteiger partial charge in [0.2, 0.25) is 11.8 Å². The summed E-state index contributed by atoms with van der Waals surface area (Å²) >= 11 is 5.60. The summed E-state index contributed by atoms with van der Waals surface area (Å²) in [6.45, 7) is 5.90. The minimum absolute atomic E-state index is 0.138. The summed E-state index contributed by atoms with van der Waals surface area (Å²) in [6.07, 6.45) is -0.138. The fraction of sp³-hybridized carbons (Fsp3) is 0.320. The van der Waals surface area contributed by atoms with Crippen LogP contribution in [0.2, 0.25) is 0 Å². The number of nitrogens with one attached hydrogen (secondary N) is 2. The van der Waals surface area contributed by atoms with Gasteiger partial charge in [0.05, 0.1) is 24.3 Å². The molecule has 1 aliphatic rings. The molecule has 2 aromatic rings. The van der Waals surface area contributed by atoms with E-state index in [4.69, 9.17) is 17.0 Å². The van der Waals surface area contributed by atoms with E-state index in [-0.39, 0.29) is 49.0 Å². The van der Waals surface area contributed by atoms with Crippen LogP contribution in [0, 0.1) is 6.92 Å². The van der Waals surface area contributed by atoms with Gasteiger partial charge in [-0.15, -0.1) is 0 Å². The number of nitrogens with zero attached hydrogens (tertiary/aromatic N) is 2. The Morgan fingerprint density at radius 2 is 1.71 bits per heavy atom. The number of thiocarbonyl (C=S) groups is 1. The van der Waals surface area contributed by atoms with Gasteiger partial charge in [0, 0.05) is 25.7 Å². The molecule has 0 spiro atoms. The minimum Gasteiger partial charge on any atom is -0.462 e. The normalized spacial score (nSPS) is 15.2. The zero-order valence-electron chi connectivity index (χ0n) is 19.9. The first-order chi connectivity index (χ1) is 16.7. The standard InChI is InChI=1S/C25H28N4O5S/c1-4-34-24(33)18-7-9-19(10-8-18)27-22(31)15-21-23(32)29(20-11-5-16(2)6-12-20)25(35)28(21)14-13-26-17(3)30/h5-12,21H,4,13-15H2,1-3H3,(H,26,30)(H,27,31). The number of amides is 3. The number of anilines is 2. The first-order valence-electron chi connectivity index (χ1n) is 11.2. The Balaban J connectivity index is 1.74. The average molecular weight is 497 g/mol. The van der Waals surface area contributed by atoms with Crippen LogP contribution in [0.5, 0.6) is 0 Å². The van der Waals surface area contributed by atoms with Crippen LogP contribution < -0.4 is 15.5 Å². The van der Waals surface area contributed by atoms with Crippen molar-refractivity contribution in [2.45, 2.75) is 33.2 Å². The van der Waals surface area contributed by atoms with E-state index in [0.29, 0.717) is 16.9 Å². The molecule has 35 heavy (non-hydrogen) atoms. The average Bonchev–Trinajstić information content (AvgIpc) is 3.04.